The smallest absolute Gasteiger partial charge is 0.415 e. The molecule has 1 atom stereocenters. The lowest BCUT2D eigenvalue weighted by molar-refractivity contribution is -0.135. The van der Waals surface area contributed by atoms with Crippen LogP contribution in [0, 0.1) is 0 Å². The second kappa shape index (κ2) is 7.89. The van der Waals surface area contributed by atoms with Gasteiger partial charge in [0.25, 0.3) is 0 Å². The van der Waals surface area contributed by atoms with Gasteiger partial charge in [0.15, 0.2) is 11.5 Å². The van der Waals surface area contributed by atoms with Crippen LogP contribution in [0.5, 0.6) is 17.2 Å². The summed E-state index contributed by atoms with van der Waals surface area (Å²) >= 11 is 0. The van der Waals surface area contributed by atoms with E-state index < -0.39 is 0 Å². The quantitative estimate of drug-likeness (QED) is 0.780. The van der Waals surface area contributed by atoms with Gasteiger partial charge < -0.3 is 24.0 Å². The second-order valence-corrected chi connectivity index (χ2v) is 7.92. The molecule has 7 nitrogen and oxygen atoms in total. The van der Waals surface area contributed by atoms with Crippen molar-refractivity contribution in [3.63, 3.8) is 0 Å². The van der Waals surface area contributed by atoms with Crippen LogP contribution in [0.4, 0.5) is 4.79 Å². The van der Waals surface area contributed by atoms with E-state index in [1.807, 2.05) is 53.4 Å². The molecule has 1 unspecified atom stereocenters. The Kier molecular flexibility index (Phi) is 4.94. The highest BCUT2D eigenvalue weighted by Gasteiger charge is 2.34. The lowest BCUT2D eigenvalue weighted by atomic mass is 10.0. The maximum atomic E-state index is 12.8. The molecule has 0 aliphatic carbocycles. The molecule has 7 heteroatoms. The average molecular weight is 408 g/mol. The van der Waals surface area contributed by atoms with Crippen molar-refractivity contribution in [2.45, 2.75) is 38.0 Å². The number of piperidine rings is 1. The summed E-state index contributed by atoms with van der Waals surface area (Å²) < 4.78 is 17.1. The normalized spacial score (nSPS) is 21.1. The van der Waals surface area contributed by atoms with E-state index in [1.165, 1.54) is 0 Å². The van der Waals surface area contributed by atoms with Crippen LogP contribution in [0.2, 0.25) is 0 Å². The van der Waals surface area contributed by atoms with Crippen LogP contribution >= 0.6 is 0 Å². The maximum Gasteiger partial charge on any atom is 0.415 e. The van der Waals surface area contributed by atoms with Crippen molar-refractivity contribution in [2.24, 2.45) is 0 Å². The van der Waals surface area contributed by atoms with E-state index >= 15 is 0 Å². The Balaban J connectivity index is 1.15. The molecule has 3 aliphatic rings. The molecule has 2 aromatic carbocycles. The molecule has 0 aromatic heterocycles. The van der Waals surface area contributed by atoms with Gasteiger partial charge >= 0.3 is 6.09 Å². The predicted molar refractivity (Wildman–Crippen MR) is 109 cm³/mol. The van der Waals surface area contributed by atoms with Crippen LogP contribution in [0.3, 0.4) is 0 Å². The van der Waals surface area contributed by atoms with E-state index in [0.717, 1.165) is 24.2 Å². The number of hydrogen-bond donors (Lipinski definition) is 0. The second-order valence-electron chi connectivity index (χ2n) is 7.92. The first-order valence-electron chi connectivity index (χ1n) is 10.4. The molecule has 2 aromatic rings. The summed E-state index contributed by atoms with van der Waals surface area (Å²) in [5.74, 6) is 2.11. The molecule has 5 rings (SSSR count). The van der Waals surface area contributed by atoms with Gasteiger partial charge in [0.1, 0.15) is 18.5 Å². The van der Waals surface area contributed by atoms with Gasteiger partial charge in [-0.25, -0.2) is 4.79 Å². The van der Waals surface area contributed by atoms with Gasteiger partial charge in [-0.05, 0) is 31.0 Å². The summed E-state index contributed by atoms with van der Waals surface area (Å²) in [6, 6.07) is 15.2. The summed E-state index contributed by atoms with van der Waals surface area (Å²) in [6.07, 6.45) is 1.20. The van der Waals surface area contributed by atoms with Crippen LogP contribution < -0.4 is 14.2 Å². The number of fused-ring (bicyclic) bond motifs is 2. The minimum Gasteiger partial charge on any atom is -0.486 e. The number of benzene rings is 2. The lowest BCUT2D eigenvalue weighted by Crippen LogP contribution is -2.51. The van der Waals surface area contributed by atoms with E-state index in [1.54, 1.807) is 4.90 Å². The highest BCUT2D eigenvalue weighted by atomic mass is 16.6. The number of ether oxygens (including phenoxy) is 3. The van der Waals surface area contributed by atoms with Crippen molar-refractivity contribution in [3.8, 4) is 17.2 Å². The standard InChI is InChI=1S/C23H24N2O5/c26-22(13-18-15-28-20-7-3-4-8-21(20)29-18)24-11-9-17(10-12-24)25-14-16-5-1-2-6-19(16)30-23(25)27/h1-8,17-18H,9-15H2. The number of likely N-dealkylation sites (tertiary alicyclic amines) is 1. The summed E-state index contributed by atoms with van der Waals surface area (Å²) in [7, 11) is 0. The first kappa shape index (κ1) is 18.8. The van der Waals surface area contributed by atoms with E-state index in [2.05, 4.69) is 0 Å². The Morgan fingerprint density at radius 1 is 0.967 bits per heavy atom. The monoisotopic (exact) mass is 408 g/mol. The Bertz CT molecular complexity index is 954. The number of hydrogen-bond acceptors (Lipinski definition) is 5. The van der Waals surface area contributed by atoms with Gasteiger partial charge in [-0.3, -0.25) is 4.79 Å². The minimum atomic E-state index is -0.301. The summed E-state index contributed by atoms with van der Waals surface area (Å²) in [4.78, 5) is 28.9. The van der Waals surface area contributed by atoms with Crippen molar-refractivity contribution < 1.29 is 23.8 Å². The molecule has 1 fully saturated rings. The van der Waals surface area contributed by atoms with Crippen molar-refractivity contribution in [1.82, 2.24) is 9.80 Å². The third-order valence-electron chi connectivity index (χ3n) is 5.97. The zero-order chi connectivity index (χ0) is 20.5. The highest BCUT2D eigenvalue weighted by molar-refractivity contribution is 5.77. The highest BCUT2D eigenvalue weighted by Crippen LogP contribution is 2.32. The largest absolute Gasteiger partial charge is 0.486 e. The van der Waals surface area contributed by atoms with Crippen LogP contribution in [0.1, 0.15) is 24.8 Å². The van der Waals surface area contributed by atoms with Gasteiger partial charge in [0.2, 0.25) is 5.91 Å². The van der Waals surface area contributed by atoms with E-state index in [4.69, 9.17) is 14.2 Å². The molecule has 156 valence electrons. The van der Waals surface area contributed by atoms with Crippen molar-refractivity contribution in [1.29, 1.82) is 0 Å². The molecule has 3 heterocycles. The molecule has 0 saturated carbocycles. The molecular formula is C23H24N2O5. The Hall–Kier alpha value is -3.22. The summed E-state index contributed by atoms with van der Waals surface area (Å²) in [5.41, 5.74) is 1.02. The van der Waals surface area contributed by atoms with Crippen LogP contribution in [-0.4, -0.2) is 53.6 Å². The van der Waals surface area contributed by atoms with Crippen molar-refractivity contribution >= 4 is 12.0 Å². The fourth-order valence-corrected chi connectivity index (χ4v) is 4.33. The number of rotatable bonds is 3. The zero-order valence-corrected chi connectivity index (χ0v) is 16.7. The predicted octanol–water partition coefficient (Wildman–Crippen LogP) is 3.22. The minimum absolute atomic E-state index is 0.0630. The maximum absolute atomic E-state index is 12.8. The topological polar surface area (TPSA) is 68.3 Å². The molecule has 0 N–H and O–H groups in total. The molecule has 30 heavy (non-hydrogen) atoms. The third-order valence-corrected chi connectivity index (χ3v) is 5.97. The summed E-state index contributed by atoms with van der Waals surface area (Å²) in [5, 5.41) is 0. The molecule has 1 saturated heterocycles. The Morgan fingerprint density at radius 3 is 2.47 bits per heavy atom. The number of nitrogens with zero attached hydrogens (tertiary/aromatic N) is 2. The third kappa shape index (κ3) is 3.67. The first-order valence-corrected chi connectivity index (χ1v) is 10.4. The Labute approximate surface area is 175 Å². The van der Waals surface area contributed by atoms with Gasteiger partial charge in [-0.1, -0.05) is 30.3 Å². The molecule has 3 aliphatic heterocycles. The van der Waals surface area contributed by atoms with Crippen LogP contribution in [0.25, 0.3) is 0 Å². The first-order chi connectivity index (χ1) is 14.7. The fourth-order valence-electron chi connectivity index (χ4n) is 4.33. The van der Waals surface area contributed by atoms with Crippen LogP contribution in [-0.2, 0) is 11.3 Å². The zero-order valence-electron chi connectivity index (χ0n) is 16.7. The van der Waals surface area contributed by atoms with E-state index in [-0.39, 0.29) is 30.6 Å². The van der Waals surface area contributed by atoms with Crippen LogP contribution in [0.15, 0.2) is 48.5 Å². The number of carbonyl (C=O) groups excluding carboxylic acids is 2. The van der Waals surface area contributed by atoms with E-state index in [9.17, 15) is 9.59 Å². The molecular weight excluding hydrogens is 384 g/mol. The SMILES string of the molecule is O=C(CC1COc2ccccc2O1)N1CCC(N2Cc3ccccc3OC2=O)CC1. The number of para-hydroxylation sites is 3. The average Bonchev–Trinajstić information content (AvgIpc) is 2.78. The Morgan fingerprint density at radius 2 is 1.67 bits per heavy atom. The van der Waals surface area contributed by atoms with Gasteiger partial charge in [0.05, 0.1) is 13.0 Å². The summed E-state index contributed by atoms with van der Waals surface area (Å²) in [6.45, 7) is 2.18. The number of amides is 2. The van der Waals surface area contributed by atoms with Crippen molar-refractivity contribution in [2.75, 3.05) is 19.7 Å². The fraction of sp³-hybridized carbons (Fsp3) is 0.391. The van der Waals surface area contributed by atoms with Gasteiger partial charge in [-0.15, -0.1) is 0 Å². The molecule has 0 spiro atoms. The van der Waals surface area contributed by atoms with E-state index in [0.29, 0.717) is 37.7 Å². The van der Waals surface area contributed by atoms with Gasteiger partial charge in [0, 0.05) is 24.7 Å². The number of carbonyl (C=O) groups is 2. The van der Waals surface area contributed by atoms with Crippen molar-refractivity contribution in [3.05, 3.63) is 54.1 Å². The molecule has 0 bridgehead atoms. The molecule has 2 amide bonds. The van der Waals surface area contributed by atoms with Gasteiger partial charge in [-0.2, -0.15) is 0 Å². The molecule has 0 radical (unpaired) electrons. The lowest BCUT2D eigenvalue weighted by Gasteiger charge is -2.40.